The van der Waals surface area contributed by atoms with E-state index in [-0.39, 0.29) is 5.56 Å². The predicted octanol–water partition coefficient (Wildman–Crippen LogP) is 7.00. The molecule has 0 radical (unpaired) electrons. The third-order valence-corrected chi connectivity index (χ3v) is 7.59. The van der Waals surface area contributed by atoms with Gasteiger partial charge in [0.2, 0.25) is 5.78 Å². The third-order valence-electron chi connectivity index (χ3n) is 7.34. The standard InChI is InChI=1S/C30H35ClN4O/c1-2-3-7-19-34-28(33-20-9-14-26(33)13-8-12-23-10-5-4-6-11-23)21-29(36)35-22-27(32-30(34)35)24-15-17-25(31)18-16-24/h4-6,10-11,15-18,21-22,26H,2-3,7-9,12-14,19-20H2,1H3. The summed E-state index contributed by atoms with van der Waals surface area (Å²) in [5.74, 6) is 1.76. The quantitative estimate of drug-likeness (QED) is 0.219. The zero-order chi connectivity index (χ0) is 24.9. The lowest BCUT2D eigenvalue weighted by atomic mass is 10.0. The van der Waals surface area contributed by atoms with E-state index in [1.54, 1.807) is 4.40 Å². The summed E-state index contributed by atoms with van der Waals surface area (Å²) in [6.07, 6.45) is 11.0. The van der Waals surface area contributed by atoms with E-state index in [1.807, 2.05) is 36.5 Å². The Morgan fingerprint density at radius 2 is 1.83 bits per heavy atom. The van der Waals surface area contributed by atoms with Crippen LogP contribution in [0.1, 0.15) is 57.4 Å². The SMILES string of the molecule is CCCCCn1c(N2CCCC2CCCc2ccccc2)cc(=O)n2cc(-c3ccc(Cl)cc3)nc12. The van der Waals surface area contributed by atoms with Gasteiger partial charge in [-0.3, -0.25) is 13.8 Å². The number of benzene rings is 2. The van der Waals surface area contributed by atoms with Crippen LogP contribution in [0.4, 0.5) is 5.82 Å². The number of imidazole rings is 1. The highest BCUT2D eigenvalue weighted by atomic mass is 35.5. The molecule has 0 saturated carbocycles. The van der Waals surface area contributed by atoms with Crippen molar-refractivity contribution in [1.29, 1.82) is 0 Å². The second-order valence-electron chi connectivity index (χ2n) is 9.87. The molecule has 2 aromatic heterocycles. The Morgan fingerprint density at radius 3 is 2.61 bits per heavy atom. The Kier molecular flexibility index (Phi) is 7.76. The number of hydrogen-bond acceptors (Lipinski definition) is 3. The molecule has 0 amide bonds. The van der Waals surface area contributed by atoms with Crippen molar-refractivity contribution in [3.63, 3.8) is 0 Å². The van der Waals surface area contributed by atoms with E-state index >= 15 is 0 Å². The number of nitrogens with zero attached hydrogens (tertiary/aromatic N) is 4. The topological polar surface area (TPSA) is 42.5 Å². The van der Waals surface area contributed by atoms with Crippen molar-refractivity contribution < 1.29 is 0 Å². The van der Waals surface area contributed by atoms with Gasteiger partial charge in [0.25, 0.3) is 5.56 Å². The summed E-state index contributed by atoms with van der Waals surface area (Å²) in [7, 11) is 0. The second-order valence-corrected chi connectivity index (χ2v) is 10.3. The van der Waals surface area contributed by atoms with Crippen molar-refractivity contribution in [1.82, 2.24) is 14.0 Å². The molecule has 0 aliphatic carbocycles. The van der Waals surface area contributed by atoms with E-state index in [2.05, 4.69) is 46.7 Å². The first-order chi connectivity index (χ1) is 17.6. The number of unbranched alkanes of at least 4 members (excludes halogenated alkanes) is 2. The number of rotatable bonds is 10. The van der Waals surface area contributed by atoms with E-state index in [0.717, 1.165) is 80.9 Å². The Balaban J connectivity index is 1.47. The van der Waals surface area contributed by atoms with Crippen molar-refractivity contribution in [3.05, 3.63) is 87.8 Å². The van der Waals surface area contributed by atoms with Crippen molar-refractivity contribution in [2.24, 2.45) is 0 Å². The molecule has 0 spiro atoms. The summed E-state index contributed by atoms with van der Waals surface area (Å²) in [4.78, 5) is 20.8. The van der Waals surface area contributed by atoms with Gasteiger partial charge in [-0.1, -0.05) is 73.8 Å². The molecule has 5 rings (SSSR count). The fourth-order valence-electron chi connectivity index (χ4n) is 5.44. The Morgan fingerprint density at radius 1 is 1.03 bits per heavy atom. The smallest absolute Gasteiger partial charge is 0.261 e. The zero-order valence-electron chi connectivity index (χ0n) is 21.1. The average Bonchev–Trinajstić information content (AvgIpc) is 3.55. The molecule has 4 aromatic rings. The molecule has 1 saturated heterocycles. The highest BCUT2D eigenvalue weighted by Gasteiger charge is 2.28. The Hall–Kier alpha value is -3.05. The first-order valence-corrected chi connectivity index (χ1v) is 13.7. The largest absolute Gasteiger partial charge is 0.355 e. The summed E-state index contributed by atoms with van der Waals surface area (Å²) < 4.78 is 3.99. The number of hydrogen-bond donors (Lipinski definition) is 0. The molecule has 1 atom stereocenters. The van der Waals surface area contributed by atoms with Gasteiger partial charge in [0, 0.05) is 42.0 Å². The summed E-state index contributed by atoms with van der Waals surface area (Å²) >= 11 is 6.09. The minimum Gasteiger partial charge on any atom is -0.355 e. The molecular formula is C30H35ClN4O. The lowest BCUT2D eigenvalue weighted by Gasteiger charge is -2.30. The number of anilines is 1. The highest BCUT2D eigenvalue weighted by molar-refractivity contribution is 6.30. The predicted molar refractivity (Wildman–Crippen MR) is 149 cm³/mol. The fourth-order valence-corrected chi connectivity index (χ4v) is 5.57. The molecule has 1 aliphatic heterocycles. The van der Waals surface area contributed by atoms with Gasteiger partial charge in [0.1, 0.15) is 5.82 Å². The fraction of sp³-hybridized carbons (Fsp3) is 0.400. The molecule has 1 unspecified atom stereocenters. The maximum Gasteiger partial charge on any atom is 0.261 e. The molecule has 1 aliphatic rings. The van der Waals surface area contributed by atoms with E-state index < -0.39 is 0 Å². The number of halogens is 1. The van der Waals surface area contributed by atoms with Crippen LogP contribution in [0.3, 0.4) is 0 Å². The average molecular weight is 503 g/mol. The van der Waals surface area contributed by atoms with E-state index in [0.29, 0.717) is 11.1 Å². The van der Waals surface area contributed by atoms with Gasteiger partial charge in [0.05, 0.1) is 5.69 Å². The Bertz CT molecular complexity index is 1340. The summed E-state index contributed by atoms with van der Waals surface area (Å²) in [6, 6.07) is 20.7. The van der Waals surface area contributed by atoms with Crippen LogP contribution in [0, 0.1) is 0 Å². The van der Waals surface area contributed by atoms with Gasteiger partial charge < -0.3 is 4.90 Å². The lowest BCUT2D eigenvalue weighted by Crippen LogP contribution is -2.34. The number of aromatic nitrogens is 3. The monoisotopic (exact) mass is 502 g/mol. The maximum atomic E-state index is 13.3. The van der Waals surface area contributed by atoms with Gasteiger partial charge in [0.15, 0.2) is 0 Å². The normalized spacial score (nSPS) is 15.7. The minimum atomic E-state index is -0.0191. The molecule has 2 aromatic carbocycles. The van der Waals surface area contributed by atoms with Gasteiger partial charge >= 0.3 is 0 Å². The summed E-state index contributed by atoms with van der Waals surface area (Å²) in [5.41, 5.74) is 3.14. The molecule has 0 bridgehead atoms. The highest BCUT2D eigenvalue weighted by Crippen LogP contribution is 2.30. The van der Waals surface area contributed by atoms with Crippen LogP contribution < -0.4 is 10.5 Å². The number of fused-ring (bicyclic) bond motifs is 1. The molecule has 3 heterocycles. The first-order valence-electron chi connectivity index (χ1n) is 13.3. The number of aryl methyl sites for hydroxylation is 2. The molecular weight excluding hydrogens is 468 g/mol. The lowest BCUT2D eigenvalue weighted by molar-refractivity contribution is 0.551. The van der Waals surface area contributed by atoms with Crippen LogP contribution in [0.25, 0.3) is 17.0 Å². The van der Waals surface area contributed by atoms with Crippen molar-refractivity contribution in [2.45, 2.75) is 70.9 Å². The van der Waals surface area contributed by atoms with Gasteiger partial charge in [-0.15, -0.1) is 0 Å². The van der Waals surface area contributed by atoms with Crippen LogP contribution in [0.5, 0.6) is 0 Å². The van der Waals surface area contributed by atoms with Crippen LogP contribution in [-0.4, -0.2) is 26.5 Å². The van der Waals surface area contributed by atoms with Crippen LogP contribution in [-0.2, 0) is 13.0 Å². The van der Waals surface area contributed by atoms with Crippen molar-refractivity contribution in [3.8, 4) is 11.3 Å². The molecule has 36 heavy (non-hydrogen) atoms. The molecule has 0 N–H and O–H groups in total. The first kappa shape index (κ1) is 24.6. The molecule has 188 valence electrons. The molecule has 5 nitrogen and oxygen atoms in total. The summed E-state index contributed by atoms with van der Waals surface area (Å²) in [5, 5.41) is 0.691. The minimum absolute atomic E-state index is 0.0191. The van der Waals surface area contributed by atoms with Crippen LogP contribution in [0.2, 0.25) is 5.02 Å². The van der Waals surface area contributed by atoms with Gasteiger partial charge in [-0.2, -0.15) is 0 Å². The molecule has 6 heteroatoms. The zero-order valence-corrected chi connectivity index (χ0v) is 21.8. The molecule has 1 fully saturated rings. The van der Waals surface area contributed by atoms with Crippen LogP contribution >= 0.6 is 11.6 Å². The summed E-state index contributed by atoms with van der Waals surface area (Å²) in [6.45, 7) is 4.07. The van der Waals surface area contributed by atoms with Gasteiger partial charge in [-0.25, -0.2) is 4.98 Å². The van der Waals surface area contributed by atoms with Crippen molar-refractivity contribution >= 4 is 23.2 Å². The van der Waals surface area contributed by atoms with Crippen molar-refractivity contribution in [2.75, 3.05) is 11.4 Å². The maximum absolute atomic E-state index is 13.3. The van der Waals surface area contributed by atoms with E-state index in [4.69, 9.17) is 16.6 Å². The Labute approximate surface area is 218 Å². The van der Waals surface area contributed by atoms with E-state index in [1.165, 1.54) is 12.0 Å². The van der Waals surface area contributed by atoms with E-state index in [9.17, 15) is 4.79 Å². The van der Waals surface area contributed by atoms with Gasteiger partial charge in [-0.05, 0) is 56.2 Å². The second kappa shape index (κ2) is 11.3. The third kappa shape index (κ3) is 5.36. The van der Waals surface area contributed by atoms with Crippen LogP contribution in [0.15, 0.2) is 71.7 Å².